The smallest absolute Gasteiger partial charge is 0.265 e. The van der Waals surface area contributed by atoms with Crippen molar-refractivity contribution in [2.24, 2.45) is 5.14 Å². The molecule has 0 aromatic heterocycles. The molecule has 1 atom stereocenters. The zero-order chi connectivity index (χ0) is 17.9. The van der Waals surface area contributed by atoms with E-state index >= 15 is 0 Å². The molecule has 128 valence electrons. The highest BCUT2D eigenvalue weighted by molar-refractivity contribution is 7.89. The normalized spacial score (nSPS) is 12.5. The molecule has 2 rings (SSSR count). The minimum absolute atomic E-state index is 0.124. The summed E-state index contributed by atoms with van der Waals surface area (Å²) in [6.45, 7) is 1.48. The lowest BCUT2D eigenvalue weighted by Gasteiger charge is -2.15. The van der Waals surface area contributed by atoms with Gasteiger partial charge in [0.1, 0.15) is 11.6 Å². The van der Waals surface area contributed by atoms with Crippen LogP contribution in [0.3, 0.4) is 0 Å². The number of sulfonamides is 1. The molecule has 24 heavy (non-hydrogen) atoms. The molecule has 0 aliphatic heterocycles. The van der Waals surface area contributed by atoms with Gasteiger partial charge in [-0.1, -0.05) is 17.7 Å². The fraction of sp³-hybridized carbons (Fsp3) is 0.133. The molecule has 0 saturated heterocycles. The summed E-state index contributed by atoms with van der Waals surface area (Å²) in [5, 5.41) is 7.42. The zero-order valence-corrected chi connectivity index (χ0v) is 14.1. The summed E-state index contributed by atoms with van der Waals surface area (Å²) in [5.74, 6) is -0.898. The number of primary sulfonamides is 1. The van der Waals surface area contributed by atoms with Crippen LogP contribution < -0.4 is 15.2 Å². The molecule has 0 fully saturated rings. The number of nitrogens with one attached hydrogen (secondary N) is 1. The van der Waals surface area contributed by atoms with Gasteiger partial charge >= 0.3 is 0 Å². The Kier molecular flexibility index (Phi) is 5.43. The van der Waals surface area contributed by atoms with Crippen molar-refractivity contribution in [3.63, 3.8) is 0 Å². The maximum Gasteiger partial charge on any atom is 0.265 e. The number of hydrogen-bond donors (Lipinski definition) is 2. The largest absolute Gasteiger partial charge is 0.481 e. The summed E-state index contributed by atoms with van der Waals surface area (Å²) in [7, 11) is -3.87. The first kappa shape index (κ1) is 18.2. The van der Waals surface area contributed by atoms with Crippen molar-refractivity contribution in [3.8, 4) is 5.75 Å². The number of amides is 1. The topological polar surface area (TPSA) is 98.5 Å². The molecular formula is C15H14ClFN2O4S. The van der Waals surface area contributed by atoms with Gasteiger partial charge in [-0.3, -0.25) is 4.79 Å². The highest BCUT2D eigenvalue weighted by Crippen LogP contribution is 2.22. The van der Waals surface area contributed by atoms with E-state index in [0.717, 1.165) is 6.07 Å². The molecular weight excluding hydrogens is 359 g/mol. The zero-order valence-electron chi connectivity index (χ0n) is 12.5. The van der Waals surface area contributed by atoms with E-state index in [2.05, 4.69) is 5.32 Å². The Morgan fingerprint density at radius 1 is 1.29 bits per heavy atom. The second-order valence-electron chi connectivity index (χ2n) is 4.90. The van der Waals surface area contributed by atoms with Crippen molar-refractivity contribution in [1.82, 2.24) is 0 Å². The Balaban J connectivity index is 2.07. The van der Waals surface area contributed by atoms with Crippen LogP contribution in [0.1, 0.15) is 6.92 Å². The van der Waals surface area contributed by atoms with Gasteiger partial charge in [0.2, 0.25) is 10.0 Å². The number of rotatable bonds is 5. The first-order chi connectivity index (χ1) is 11.2. The van der Waals surface area contributed by atoms with Crippen LogP contribution in [0.25, 0.3) is 0 Å². The van der Waals surface area contributed by atoms with Gasteiger partial charge in [-0.25, -0.2) is 17.9 Å². The summed E-state index contributed by atoms with van der Waals surface area (Å²) < 4.78 is 41.1. The van der Waals surface area contributed by atoms with E-state index in [9.17, 15) is 17.6 Å². The predicted octanol–water partition coefficient (Wildman–Crippen LogP) is 2.53. The van der Waals surface area contributed by atoms with Gasteiger partial charge in [0.15, 0.2) is 6.10 Å². The Hall–Kier alpha value is -2.16. The number of nitrogens with two attached hydrogens (primary N) is 1. The molecule has 2 aromatic rings. The van der Waals surface area contributed by atoms with E-state index < -0.39 is 27.9 Å². The Labute approximate surface area is 143 Å². The van der Waals surface area contributed by atoms with E-state index in [1.54, 1.807) is 0 Å². The molecule has 6 nitrogen and oxygen atoms in total. The summed E-state index contributed by atoms with van der Waals surface area (Å²) >= 11 is 5.64. The lowest BCUT2D eigenvalue weighted by molar-refractivity contribution is -0.122. The monoisotopic (exact) mass is 372 g/mol. The molecule has 0 heterocycles. The highest BCUT2D eigenvalue weighted by Gasteiger charge is 2.16. The quantitative estimate of drug-likeness (QED) is 0.842. The van der Waals surface area contributed by atoms with Gasteiger partial charge in [-0.05, 0) is 37.3 Å². The molecule has 3 N–H and O–H groups in total. The number of hydrogen-bond acceptors (Lipinski definition) is 4. The lowest BCUT2D eigenvalue weighted by Crippen LogP contribution is -2.30. The van der Waals surface area contributed by atoms with Gasteiger partial charge in [0, 0.05) is 11.8 Å². The van der Waals surface area contributed by atoms with Crippen LogP contribution in [0.2, 0.25) is 5.02 Å². The van der Waals surface area contributed by atoms with Crippen molar-refractivity contribution in [1.29, 1.82) is 0 Å². The third-order valence-electron chi connectivity index (χ3n) is 3.00. The summed E-state index contributed by atoms with van der Waals surface area (Å²) in [6.07, 6.45) is -0.926. The van der Waals surface area contributed by atoms with Crippen LogP contribution >= 0.6 is 11.6 Å². The number of halogens is 2. The highest BCUT2D eigenvalue weighted by atomic mass is 35.5. The second-order valence-corrected chi connectivity index (χ2v) is 6.87. The van der Waals surface area contributed by atoms with Crippen molar-refractivity contribution < 1.29 is 22.3 Å². The molecule has 9 heteroatoms. The summed E-state index contributed by atoms with van der Waals surface area (Å²) in [6, 6.07) is 9.21. The first-order valence-corrected chi connectivity index (χ1v) is 8.64. The SMILES string of the molecule is CC(Oc1ccc(F)c(Cl)c1)C(=O)Nc1cccc(S(N)(=O)=O)c1. The van der Waals surface area contributed by atoms with Crippen LogP contribution in [-0.2, 0) is 14.8 Å². The fourth-order valence-electron chi connectivity index (χ4n) is 1.80. The van der Waals surface area contributed by atoms with Gasteiger partial charge in [-0.15, -0.1) is 0 Å². The number of anilines is 1. The third-order valence-corrected chi connectivity index (χ3v) is 4.20. The van der Waals surface area contributed by atoms with Gasteiger partial charge in [0.05, 0.1) is 9.92 Å². The Morgan fingerprint density at radius 3 is 2.62 bits per heavy atom. The van der Waals surface area contributed by atoms with Crippen molar-refractivity contribution in [3.05, 3.63) is 53.3 Å². The molecule has 0 saturated carbocycles. The van der Waals surface area contributed by atoms with E-state index in [0.29, 0.717) is 0 Å². The average molecular weight is 373 g/mol. The minimum atomic E-state index is -3.87. The standard InChI is InChI=1S/C15H14ClFN2O4S/c1-9(23-11-5-6-14(17)13(16)8-11)15(20)19-10-3-2-4-12(7-10)24(18,21)22/h2-9H,1H3,(H,19,20)(H2,18,21,22). The number of ether oxygens (including phenoxy) is 1. The van der Waals surface area contributed by atoms with Crippen molar-refractivity contribution in [2.45, 2.75) is 17.9 Å². The van der Waals surface area contributed by atoms with Crippen molar-refractivity contribution in [2.75, 3.05) is 5.32 Å². The average Bonchev–Trinajstić information content (AvgIpc) is 2.50. The molecule has 0 bridgehead atoms. The predicted molar refractivity (Wildman–Crippen MR) is 87.9 cm³/mol. The van der Waals surface area contributed by atoms with Crippen LogP contribution in [0.4, 0.5) is 10.1 Å². The second kappa shape index (κ2) is 7.16. The molecule has 0 aliphatic rings. The molecule has 1 unspecified atom stereocenters. The fourth-order valence-corrected chi connectivity index (χ4v) is 2.53. The molecule has 0 spiro atoms. The Bertz CT molecular complexity index is 874. The molecule has 1 amide bonds. The number of carbonyl (C=O) groups is 1. The minimum Gasteiger partial charge on any atom is -0.481 e. The van der Waals surface area contributed by atoms with Crippen LogP contribution in [-0.4, -0.2) is 20.4 Å². The van der Waals surface area contributed by atoms with E-state index in [1.807, 2.05) is 0 Å². The van der Waals surface area contributed by atoms with Gasteiger partial charge in [-0.2, -0.15) is 0 Å². The van der Waals surface area contributed by atoms with Gasteiger partial charge < -0.3 is 10.1 Å². The van der Waals surface area contributed by atoms with Crippen LogP contribution in [0.15, 0.2) is 47.4 Å². The Morgan fingerprint density at radius 2 is 2.00 bits per heavy atom. The maximum absolute atomic E-state index is 13.1. The molecule has 2 aromatic carbocycles. The van der Waals surface area contributed by atoms with Crippen LogP contribution in [0.5, 0.6) is 5.75 Å². The number of carbonyl (C=O) groups excluding carboxylic acids is 1. The maximum atomic E-state index is 13.1. The van der Waals surface area contributed by atoms with E-state index in [4.69, 9.17) is 21.5 Å². The molecule has 0 aliphatic carbocycles. The number of benzene rings is 2. The van der Waals surface area contributed by atoms with E-state index in [1.165, 1.54) is 43.3 Å². The molecule has 0 radical (unpaired) electrons. The lowest BCUT2D eigenvalue weighted by atomic mass is 10.3. The summed E-state index contributed by atoms with van der Waals surface area (Å²) in [5.41, 5.74) is 0.249. The van der Waals surface area contributed by atoms with Crippen LogP contribution in [0, 0.1) is 5.82 Å². The summed E-state index contributed by atoms with van der Waals surface area (Å²) in [4.78, 5) is 12.0. The van der Waals surface area contributed by atoms with Crippen molar-refractivity contribution >= 4 is 33.2 Å². The first-order valence-electron chi connectivity index (χ1n) is 6.72. The van der Waals surface area contributed by atoms with E-state index in [-0.39, 0.29) is 21.4 Å². The van der Waals surface area contributed by atoms with Gasteiger partial charge in [0.25, 0.3) is 5.91 Å². The third kappa shape index (κ3) is 4.67.